The molecule has 0 aromatic heterocycles. The van der Waals surface area contributed by atoms with Crippen LogP contribution < -0.4 is 10.5 Å². The Morgan fingerprint density at radius 3 is 2.32 bits per heavy atom. The first-order valence-corrected chi connectivity index (χ1v) is 7.17. The minimum Gasteiger partial charge on any atom is -0.496 e. The number of nitrogens with two attached hydrogens (primary N) is 1. The van der Waals surface area contributed by atoms with Gasteiger partial charge >= 0.3 is 0 Å². The summed E-state index contributed by atoms with van der Waals surface area (Å²) in [5.74, 6) is 0.923. The van der Waals surface area contributed by atoms with Crippen molar-refractivity contribution in [1.82, 2.24) is 4.90 Å². The standard InChI is InChI=1S/C16H28N2O/c1-6-11-18(12(2)3)16(13(4)17)14-9-7-8-10-15(14)19-5/h7-10,12-13,16H,6,11,17H2,1-5H3. The summed E-state index contributed by atoms with van der Waals surface area (Å²) in [6.45, 7) is 9.76. The Morgan fingerprint density at radius 2 is 1.84 bits per heavy atom. The van der Waals surface area contributed by atoms with E-state index in [1.807, 2.05) is 12.1 Å². The number of nitrogens with zero attached hydrogens (tertiary/aromatic N) is 1. The van der Waals surface area contributed by atoms with Gasteiger partial charge in [0.1, 0.15) is 5.75 Å². The van der Waals surface area contributed by atoms with Crippen molar-refractivity contribution in [2.75, 3.05) is 13.7 Å². The molecule has 1 aromatic carbocycles. The van der Waals surface area contributed by atoms with E-state index in [1.165, 1.54) is 5.56 Å². The highest BCUT2D eigenvalue weighted by molar-refractivity contribution is 5.36. The van der Waals surface area contributed by atoms with E-state index < -0.39 is 0 Å². The molecule has 0 amide bonds. The van der Waals surface area contributed by atoms with Crippen LogP contribution in [0.1, 0.15) is 45.7 Å². The van der Waals surface area contributed by atoms with Crippen LogP contribution in [0.5, 0.6) is 5.75 Å². The molecule has 19 heavy (non-hydrogen) atoms. The number of para-hydroxylation sites is 1. The highest BCUT2D eigenvalue weighted by Crippen LogP contribution is 2.32. The first-order chi connectivity index (χ1) is 9.02. The molecule has 108 valence electrons. The van der Waals surface area contributed by atoms with E-state index in [4.69, 9.17) is 10.5 Å². The molecule has 0 aliphatic heterocycles. The quantitative estimate of drug-likeness (QED) is 0.822. The van der Waals surface area contributed by atoms with E-state index in [9.17, 15) is 0 Å². The van der Waals surface area contributed by atoms with Crippen molar-refractivity contribution in [3.63, 3.8) is 0 Å². The molecule has 1 rings (SSSR count). The van der Waals surface area contributed by atoms with Gasteiger partial charge in [0, 0.05) is 17.6 Å². The molecule has 0 heterocycles. The lowest BCUT2D eigenvalue weighted by Crippen LogP contribution is -2.43. The molecule has 3 nitrogen and oxygen atoms in total. The zero-order valence-corrected chi connectivity index (χ0v) is 12.9. The number of hydrogen-bond acceptors (Lipinski definition) is 3. The zero-order chi connectivity index (χ0) is 14.4. The molecule has 3 heteroatoms. The number of rotatable bonds is 7. The van der Waals surface area contributed by atoms with Gasteiger partial charge < -0.3 is 10.5 Å². The normalized spacial score (nSPS) is 14.7. The van der Waals surface area contributed by atoms with Gasteiger partial charge in [-0.3, -0.25) is 4.90 Å². The van der Waals surface area contributed by atoms with Crippen molar-refractivity contribution < 1.29 is 4.74 Å². The van der Waals surface area contributed by atoms with Crippen molar-refractivity contribution >= 4 is 0 Å². The van der Waals surface area contributed by atoms with Gasteiger partial charge in [-0.25, -0.2) is 0 Å². The maximum Gasteiger partial charge on any atom is 0.123 e. The Balaban J connectivity index is 3.18. The molecule has 0 bridgehead atoms. The van der Waals surface area contributed by atoms with Crippen LogP contribution in [0.25, 0.3) is 0 Å². The summed E-state index contributed by atoms with van der Waals surface area (Å²) in [5, 5.41) is 0. The maximum atomic E-state index is 6.26. The van der Waals surface area contributed by atoms with Gasteiger partial charge in [0.05, 0.1) is 13.2 Å². The summed E-state index contributed by atoms with van der Waals surface area (Å²) >= 11 is 0. The van der Waals surface area contributed by atoms with Crippen LogP contribution in [0.2, 0.25) is 0 Å². The fourth-order valence-corrected chi connectivity index (χ4v) is 2.65. The maximum absolute atomic E-state index is 6.26. The molecule has 0 saturated heterocycles. The molecule has 0 aliphatic carbocycles. The summed E-state index contributed by atoms with van der Waals surface area (Å²) in [7, 11) is 1.72. The van der Waals surface area contributed by atoms with E-state index >= 15 is 0 Å². The summed E-state index contributed by atoms with van der Waals surface area (Å²) in [4.78, 5) is 2.46. The molecule has 0 saturated carbocycles. The van der Waals surface area contributed by atoms with Crippen LogP contribution in [0, 0.1) is 0 Å². The average Bonchev–Trinajstić information content (AvgIpc) is 2.38. The average molecular weight is 264 g/mol. The van der Waals surface area contributed by atoms with E-state index in [2.05, 4.69) is 44.7 Å². The molecule has 2 N–H and O–H groups in total. The molecule has 2 atom stereocenters. The Labute approximate surface area is 117 Å². The molecule has 0 fully saturated rings. The third-order valence-corrected chi connectivity index (χ3v) is 3.46. The number of ether oxygens (including phenoxy) is 1. The predicted octanol–water partition coefficient (Wildman–Crippen LogP) is 3.20. The third kappa shape index (κ3) is 3.95. The molecule has 0 spiro atoms. The second-order valence-corrected chi connectivity index (χ2v) is 5.38. The van der Waals surface area contributed by atoms with E-state index in [-0.39, 0.29) is 12.1 Å². The Morgan fingerprint density at radius 1 is 1.21 bits per heavy atom. The summed E-state index contributed by atoms with van der Waals surface area (Å²) < 4.78 is 5.50. The smallest absolute Gasteiger partial charge is 0.123 e. The Bertz CT molecular complexity index is 377. The molecule has 0 radical (unpaired) electrons. The summed E-state index contributed by atoms with van der Waals surface area (Å²) in [6.07, 6.45) is 1.12. The van der Waals surface area contributed by atoms with Crippen molar-refractivity contribution in [2.24, 2.45) is 5.73 Å². The van der Waals surface area contributed by atoms with Gasteiger partial charge in [-0.2, -0.15) is 0 Å². The predicted molar refractivity (Wildman–Crippen MR) is 81.5 cm³/mol. The third-order valence-electron chi connectivity index (χ3n) is 3.46. The fourth-order valence-electron chi connectivity index (χ4n) is 2.65. The fraction of sp³-hybridized carbons (Fsp3) is 0.625. The number of methoxy groups -OCH3 is 1. The topological polar surface area (TPSA) is 38.5 Å². The van der Waals surface area contributed by atoms with Crippen molar-refractivity contribution in [2.45, 2.75) is 52.2 Å². The van der Waals surface area contributed by atoms with Gasteiger partial charge in [-0.05, 0) is 39.8 Å². The van der Waals surface area contributed by atoms with E-state index in [0.717, 1.165) is 18.7 Å². The molecule has 2 unspecified atom stereocenters. The van der Waals surface area contributed by atoms with Crippen LogP contribution in [0.4, 0.5) is 0 Å². The minimum absolute atomic E-state index is 0.0604. The Hall–Kier alpha value is -1.06. The lowest BCUT2D eigenvalue weighted by Gasteiger charge is -2.38. The SMILES string of the molecule is CCCN(C(C)C)C(c1ccccc1OC)C(C)N. The van der Waals surface area contributed by atoms with Crippen molar-refractivity contribution in [3.8, 4) is 5.75 Å². The van der Waals surface area contributed by atoms with Gasteiger partial charge in [0.25, 0.3) is 0 Å². The van der Waals surface area contributed by atoms with Crippen LogP contribution in [0.3, 0.4) is 0 Å². The van der Waals surface area contributed by atoms with Gasteiger partial charge in [0.2, 0.25) is 0 Å². The highest BCUT2D eigenvalue weighted by Gasteiger charge is 2.27. The number of hydrogen-bond donors (Lipinski definition) is 1. The van der Waals surface area contributed by atoms with Crippen LogP contribution in [0.15, 0.2) is 24.3 Å². The first-order valence-electron chi connectivity index (χ1n) is 7.17. The van der Waals surface area contributed by atoms with Gasteiger partial charge in [0.15, 0.2) is 0 Å². The molecule has 1 aromatic rings. The van der Waals surface area contributed by atoms with E-state index in [0.29, 0.717) is 6.04 Å². The van der Waals surface area contributed by atoms with Crippen molar-refractivity contribution in [1.29, 1.82) is 0 Å². The molecular weight excluding hydrogens is 236 g/mol. The monoisotopic (exact) mass is 264 g/mol. The zero-order valence-electron chi connectivity index (χ0n) is 12.9. The second kappa shape index (κ2) is 7.51. The summed E-state index contributed by atoms with van der Waals surface area (Å²) in [6, 6.07) is 8.90. The minimum atomic E-state index is 0.0604. The second-order valence-electron chi connectivity index (χ2n) is 5.38. The van der Waals surface area contributed by atoms with Crippen molar-refractivity contribution in [3.05, 3.63) is 29.8 Å². The lowest BCUT2D eigenvalue weighted by molar-refractivity contribution is 0.133. The highest BCUT2D eigenvalue weighted by atomic mass is 16.5. The number of benzene rings is 1. The van der Waals surface area contributed by atoms with E-state index in [1.54, 1.807) is 7.11 Å². The largest absolute Gasteiger partial charge is 0.496 e. The first kappa shape index (κ1) is 16.0. The Kier molecular flexibility index (Phi) is 6.32. The van der Waals surface area contributed by atoms with Gasteiger partial charge in [-0.15, -0.1) is 0 Å². The lowest BCUT2D eigenvalue weighted by atomic mass is 9.96. The summed E-state index contributed by atoms with van der Waals surface area (Å²) in [5.41, 5.74) is 7.45. The van der Waals surface area contributed by atoms with Crippen LogP contribution >= 0.6 is 0 Å². The van der Waals surface area contributed by atoms with Gasteiger partial charge in [-0.1, -0.05) is 25.1 Å². The van der Waals surface area contributed by atoms with Crippen LogP contribution in [-0.2, 0) is 0 Å². The molecular formula is C16H28N2O. The van der Waals surface area contributed by atoms with Crippen LogP contribution in [-0.4, -0.2) is 30.6 Å². The molecule has 0 aliphatic rings.